The van der Waals surface area contributed by atoms with Crippen LogP contribution in [0.4, 0.5) is 5.95 Å². The molecule has 9 heteroatoms. The van der Waals surface area contributed by atoms with Crippen LogP contribution in [-0.4, -0.2) is 44.9 Å². The van der Waals surface area contributed by atoms with Gasteiger partial charge in [0.05, 0.1) is 34.6 Å². The SMILES string of the molecule is CCC1(c2c(C#N)c(Cl)c3cnc(N[C@H]4CCNC[C@@H]4O)nn23)CCC1.Cl. The van der Waals surface area contributed by atoms with Crippen molar-refractivity contribution in [2.75, 3.05) is 18.4 Å². The summed E-state index contributed by atoms with van der Waals surface area (Å²) in [5, 5.41) is 31.3. The largest absolute Gasteiger partial charge is 0.390 e. The predicted octanol–water partition coefficient (Wildman–Crippen LogP) is 2.64. The number of halogens is 2. The Morgan fingerprint density at radius 3 is 2.89 bits per heavy atom. The van der Waals surface area contributed by atoms with Crippen LogP contribution in [-0.2, 0) is 5.41 Å². The highest BCUT2D eigenvalue weighted by Gasteiger charge is 2.42. The number of fused-ring (bicyclic) bond motifs is 1. The van der Waals surface area contributed by atoms with Crippen molar-refractivity contribution >= 4 is 35.5 Å². The molecule has 0 unspecified atom stereocenters. The van der Waals surface area contributed by atoms with Crippen molar-refractivity contribution in [3.05, 3.63) is 22.5 Å². The molecule has 0 aromatic carbocycles. The van der Waals surface area contributed by atoms with Crippen molar-refractivity contribution in [1.29, 1.82) is 5.26 Å². The van der Waals surface area contributed by atoms with Crippen molar-refractivity contribution in [1.82, 2.24) is 19.9 Å². The first-order valence-electron chi connectivity index (χ1n) is 9.23. The summed E-state index contributed by atoms with van der Waals surface area (Å²) in [6.07, 6.45) is 6.16. The number of hydrogen-bond acceptors (Lipinski definition) is 6. The highest BCUT2D eigenvalue weighted by atomic mass is 35.5. The van der Waals surface area contributed by atoms with Gasteiger partial charge in [0.2, 0.25) is 5.95 Å². The van der Waals surface area contributed by atoms with Crippen LogP contribution in [0.2, 0.25) is 5.02 Å². The molecule has 146 valence electrons. The smallest absolute Gasteiger partial charge is 0.241 e. The molecular formula is C18H24Cl2N6O. The quantitative estimate of drug-likeness (QED) is 0.716. The summed E-state index contributed by atoms with van der Waals surface area (Å²) in [6, 6.07) is 2.19. The summed E-state index contributed by atoms with van der Waals surface area (Å²) in [5.74, 6) is 0.450. The number of piperidine rings is 1. The maximum Gasteiger partial charge on any atom is 0.241 e. The van der Waals surface area contributed by atoms with Crippen molar-refractivity contribution in [3.63, 3.8) is 0 Å². The second-order valence-electron chi connectivity index (χ2n) is 7.33. The Bertz CT molecular complexity index is 867. The molecule has 2 aliphatic rings. The Hall–Kier alpha value is -1.59. The first-order chi connectivity index (χ1) is 12.6. The maximum absolute atomic E-state index is 10.1. The molecule has 1 saturated heterocycles. The van der Waals surface area contributed by atoms with Crippen LogP contribution in [0.25, 0.3) is 5.52 Å². The van der Waals surface area contributed by atoms with E-state index in [4.69, 9.17) is 11.6 Å². The van der Waals surface area contributed by atoms with Crippen molar-refractivity contribution in [3.8, 4) is 6.07 Å². The number of hydrogen-bond donors (Lipinski definition) is 3. The lowest BCUT2D eigenvalue weighted by atomic mass is 9.64. The van der Waals surface area contributed by atoms with E-state index in [-0.39, 0.29) is 23.9 Å². The van der Waals surface area contributed by atoms with E-state index in [0.29, 0.717) is 28.6 Å². The van der Waals surface area contributed by atoms with Gasteiger partial charge in [-0.3, -0.25) is 0 Å². The second-order valence-corrected chi connectivity index (χ2v) is 7.70. The lowest BCUT2D eigenvalue weighted by Crippen LogP contribution is -2.48. The fraction of sp³-hybridized carbons (Fsp3) is 0.611. The van der Waals surface area contributed by atoms with Crippen molar-refractivity contribution in [2.24, 2.45) is 0 Å². The van der Waals surface area contributed by atoms with Gasteiger partial charge in [-0.1, -0.05) is 24.9 Å². The molecule has 2 fully saturated rings. The minimum atomic E-state index is -0.487. The van der Waals surface area contributed by atoms with E-state index in [0.717, 1.165) is 44.3 Å². The number of aliphatic hydroxyl groups is 1. The highest BCUT2D eigenvalue weighted by molar-refractivity contribution is 6.35. The van der Waals surface area contributed by atoms with Gasteiger partial charge in [0.15, 0.2) is 0 Å². The number of aliphatic hydroxyl groups excluding tert-OH is 1. The number of rotatable bonds is 4. The Balaban J connectivity index is 0.00000210. The standard InChI is InChI=1S/C18H23ClN6O.ClH/c1-2-18(5-3-6-18)16-11(8-20)15(19)13-9-22-17(24-25(13)16)23-12-4-7-21-10-14(12)26;/h9,12,14,21,26H,2-7,10H2,1H3,(H,23,24);1H/t12-,14-;/m0./s1. The minimum absolute atomic E-state index is 0. The maximum atomic E-state index is 10.1. The zero-order valence-corrected chi connectivity index (χ0v) is 16.8. The van der Waals surface area contributed by atoms with Crippen LogP contribution in [0.1, 0.15) is 50.3 Å². The van der Waals surface area contributed by atoms with Crippen LogP contribution in [0.15, 0.2) is 6.20 Å². The first kappa shape index (κ1) is 20.2. The van der Waals surface area contributed by atoms with E-state index in [1.165, 1.54) is 0 Å². The van der Waals surface area contributed by atoms with Gasteiger partial charge >= 0.3 is 0 Å². The fourth-order valence-electron chi connectivity index (χ4n) is 4.21. The number of β-amino-alcohol motifs (C(OH)–C–C–N with tert-alkyl or cyclic N) is 1. The van der Waals surface area contributed by atoms with E-state index in [9.17, 15) is 10.4 Å². The Labute approximate surface area is 169 Å². The van der Waals surface area contributed by atoms with E-state index in [1.54, 1.807) is 10.7 Å². The molecule has 7 nitrogen and oxygen atoms in total. The van der Waals surface area contributed by atoms with E-state index in [1.807, 2.05) is 0 Å². The molecule has 3 N–H and O–H groups in total. The normalized spacial score (nSPS) is 23.9. The molecule has 2 atom stereocenters. The summed E-state index contributed by atoms with van der Waals surface area (Å²) in [7, 11) is 0. The number of nitrogens with zero attached hydrogens (tertiary/aromatic N) is 4. The van der Waals surface area contributed by atoms with Crippen LogP contribution in [0.5, 0.6) is 0 Å². The Kier molecular flexibility index (Phi) is 5.82. The molecule has 0 amide bonds. The number of nitrogens with one attached hydrogen (secondary N) is 2. The van der Waals surface area contributed by atoms with Gasteiger partial charge in [0.25, 0.3) is 0 Å². The predicted molar refractivity (Wildman–Crippen MR) is 107 cm³/mol. The first-order valence-corrected chi connectivity index (χ1v) is 9.60. The van der Waals surface area contributed by atoms with E-state index in [2.05, 4.69) is 33.7 Å². The molecule has 4 rings (SSSR count). The van der Waals surface area contributed by atoms with Gasteiger partial charge in [-0.2, -0.15) is 5.26 Å². The van der Waals surface area contributed by atoms with Crippen LogP contribution < -0.4 is 10.6 Å². The van der Waals surface area contributed by atoms with Crippen LogP contribution in [0, 0.1) is 11.3 Å². The lowest BCUT2D eigenvalue weighted by Gasteiger charge is -2.41. The molecular weight excluding hydrogens is 387 g/mol. The third kappa shape index (κ3) is 3.25. The molecule has 0 bridgehead atoms. The van der Waals surface area contributed by atoms with Crippen LogP contribution >= 0.6 is 24.0 Å². The highest BCUT2D eigenvalue weighted by Crippen LogP contribution is 2.49. The molecule has 0 spiro atoms. The van der Waals surface area contributed by atoms with Gasteiger partial charge in [-0.15, -0.1) is 17.5 Å². The zero-order valence-electron chi connectivity index (χ0n) is 15.2. The van der Waals surface area contributed by atoms with Gasteiger partial charge in [-0.25, -0.2) is 9.50 Å². The fourth-order valence-corrected chi connectivity index (χ4v) is 4.47. The monoisotopic (exact) mass is 410 g/mol. The average molecular weight is 411 g/mol. The van der Waals surface area contributed by atoms with Gasteiger partial charge in [0, 0.05) is 12.0 Å². The van der Waals surface area contributed by atoms with Crippen LogP contribution in [0.3, 0.4) is 0 Å². The number of aromatic nitrogens is 3. The van der Waals surface area contributed by atoms with Crippen molar-refractivity contribution < 1.29 is 5.11 Å². The topological polar surface area (TPSA) is 98.3 Å². The molecule has 2 aromatic rings. The van der Waals surface area contributed by atoms with Crippen molar-refractivity contribution in [2.45, 2.75) is 56.6 Å². The third-order valence-electron chi connectivity index (χ3n) is 5.99. The average Bonchev–Trinajstić information content (AvgIpc) is 2.89. The Morgan fingerprint density at radius 2 is 2.30 bits per heavy atom. The molecule has 27 heavy (non-hydrogen) atoms. The summed E-state index contributed by atoms with van der Waals surface area (Å²) < 4.78 is 1.80. The summed E-state index contributed by atoms with van der Waals surface area (Å²) in [4.78, 5) is 4.37. The van der Waals surface area contributed by atoms with Gasteiger partial charge < -0.3 is 15.7 Å². The van der Waals surface area contributed by atoms with Gasteiger partial charge in [0.1, 0.15) is 11.6 Å². The summed E-state index contributed by atoms with van der Waals surface area (Å²) in [6.45, 7) is 3.55. The molecule has 1 saturated carbocycles. The zero-order chi connectivity index (χ0) is 18.3. The lowest BCUT2D eigenvalue weighted by molar-refractivity contribution is 0.128. The Morgan fingerprint density at radius 1 is 1.52 bits per heavy atom. The third-order valence-corrected chi connectivity index (χ3v) is 6.37. The molecule has 2 aromatic heterocycles. The number of anilines is 1. The second kappa shape index (κ2) is 7.80. The van der Waals surface area contributed by atoms with E-state index >= 15 is 0 Å². The summed E-state index contributed by atoms with van der Waals surface area (Å²) in [5.41, 5.74) is 2.04. The van der Waals surface area contributed by atoms with E-state index < -0.39 is 6.10 Å². The number of nitriles is 1. The molecule has 1 aliphatic heterocycles. The molecule has 3 heterocycles. The van der Waals surface area contributed by atoms with Gasteiger partial charge in [-0.05, 0) is 32.2 Å². The molecule has 0 radical (unpaired) electrons. The molecule has 1 aliphatic carbocycles. The minimum Gasteiger partial charge on any atom is -0.390 e. The summed E-state index contributed by atoms with van der Waals surface area (Å²) >= 11 is 6.48.